The lowest BCUT2D eigenvalue weighted by atomic mass is 10.0. The molecule has 2 N–H and O–H groups in total. The largest absolute Gasteiger partial charge is 0.393 e. The first-order valence-corrected chi connectivity index (χ1v) is 8.07. The molecule has 2 heterocycles. The van der Waals surface area contributed by atoms with Gasteiger partial charge in [0.2, 0.25) is 0 Å². The molecule has 120 valence electrons. The standard InChI is InChI=1S/C15H21N3O3S/c1-8(5-9(2)19)6-16-13(20)12-7-17-15-18(14(12)21)10(3)11(4)22-15/h7-9,19H,5-6H2,1-4H3,(H,16,20). The summed E-state index contributed by atoms with van der Waals surface area (Å²) in [7, 11) is 0. The van der Waals surface area contributed by atoms with E-state index < -0.39 is 12.0 Å². The quantitative estimate of drug-likeness (QED) is 0.873. The normalized spacial score (nSPS) is 14.0. The molecule has 2 atom stereocenters. The summed E-state index contributed by atoms with van der Waals surface area (Å²) in [5.74, 6) is -0.291. The minimum absolute atomic E-state index is 0.0441. The number of hydrogen-bond acceptors (Lipinski definition) is 5. The maximum Gasteiger partial charge on any atom is 0.271 e. The van der Waals surface area contributed by atoms with Crippen molar-refractivity contribution in [2.24, 2.45) is 5.92 Å². The van der Waals surface area contributed by atoms with Crippen molar-refractivity contribution in [2.75, 3.05) is 6.54 Å². The van der Waals surface area contributed by atoms with Crippen molar-refractivity contribution in [1.82, 2.24) is 14.7 Å². The van der Waals surface area contributed by atoms with Gasteiger partial charge in [-0.05, 0) is 33.1 Å². The van der Waals surface area contributed by atoms with Crippen LogP contribution in [0, 0.1) is 19.8 Å². The van der Waals surface area contributed by atoms with Gasteiger partial charge in [-0.2, -0.15) is 0 Å². The molecule has 0 saturated heterocycles. The zero-order valence-electron chi connectivity index (χ0n) is 13.2. The van der Waals surface area contributed by atoms with Crippen molar-refractivity contribution in [3.8, 4) is 0 Å². The topological polar surface area (TPSA) is 83.7 Å². The highest BCUT2D eigenvalue weighted by atomic mass is 32.1. The molecule has 2 aromatic heterocycles. The van der Waals surface area contributed by atoms with Crippen LogP contribution in [0.25, 0.3) is 4.96 Å². The number of thiazole rings is 1. The van der Waals surface area contributed by atoms with E-state index >= 15 is 0 Å². The molecule has 6 nitrogen and oxygen atoms in total. The third-order valence-corrected chi connectivity index (χ3v) is 4.69. The average molecular weight is 323 g/mol. The summed E-state index contributed by atoms with van der Waals surface area (Å²) in [6.07, 6.45) is 1.52. The first-order valence-electron chi connectivity index (χ1n) is 7.25. The van der Waals surface area contributed by atoms with Gasteiger partial charge in [0.05, 0.1) is 6.10 Å². The van der Waals surface area contributed by atoms with Gasteiger partial charge in [-0.3, -0.25) is 14.0 Å². The predicted octanol–water partition coefficient (Wildman–Crippen LogP) is 1.51. The number of aliphatic hydroxyl groups excluding tert-OH is 1. The molecule has 0 fully saturated rings. The van der Waals surface area contributed by atoms with Crippen LogP contribution >= 0.6 is 11.3 Å². The molecule has 0 aliphatic rings. The summed E-state index contributed by atoms with van der Waals surface area (Å²) >= 11 is 1.43. The summed E-state index contributed by atoms with van der Waals surface area (Å²) in [5, 5.41) is 12.1. The lowest BCUT2D eigenvalue weighted by Gasteiger charge is -2.14. The van der Waals surface area contributed by atoms with Crippen molar-refractivity contribution in [2.45, 2.75) is 40.2 Å². The highest BCUT2D eigenvalue weighted by Gasteiger charge is 2.17. The van der Waals surface area contributed by atoms with Crippen molar-refractivity contribution in [3.05, 3.63) is 32.7 Å². The monoisotopic (exact) mass is 323 g/mol. The summed E-state index contributed by atoms with van der Waals surface area (Å²) in [4.78, 5) is 30.5. The Morgan fingerprint density at radius 1 is 1.45 bits per heavy atom. The van der Waals surface area contributed by atoms with Gasteiger partial charge in [0.25, 0.3) is 11.5 Å². The number of nitrogens with one attached hydrogen (secondary N) is 1. The third kappa shape index (κ3) is 3.36. The smallest absolute Gasteiger partial charge is 0.271 e. The fourth-order valence-electron chi connectivity index (χ4n) is 2.36. The fourth-order valence-corrected chi connectivity index (χ4v) is 3.29. The fraction of sp³-hybridized carbons (Fsp3) is 0.533. The lowest BCUT2D eigenvalue weighted by Crippen LogP contribution is -2.34. The minimum atomic E-state index is -0.424. The van der Waals surface area contributed by atoms with E-state index in [1.165, 1.54) is 21.9 Å². The number of amides is 1. The number of aryl methyl sites for hydroxylation is 2. The molecule has 22 heavy (non-hydrogen) atoms. The number of rotatable bonds is 5. The molecule has 0 radical (unpaired) electrons. The second-order valence-electron chi connectivity index (χ2n) is 5.74. The van der Waals surface area contributed by atoms with Crippen LogP contribution in [-0.4, -0.2) is 33.0 Å². The van der Waals surface area contributed by atoms with Gasteiger partial charge in [0, 0.05) is 23.3 Å². The van der Waals surface area contributed by atoms with Gasteiger partial charge in [0.1, 0.15) is 5.56 Å². The number of hydrogen-bond donors (Lipinski definition) is 2. The Kier molecular flexibility index (Phi) is 4.97. The van der Waals surface area contributed by atoms with Crippen LogP contribution in [0.4, 0.5) is 0 Å². The number of fused-ring (bicyclic) bond motifs is 1. The Hall–Kier alpha value is -1.73. The van der Waals surface area contributed by atoms with Crippen LogP contribution in [0.15, 0.2) is 11.0 Å². The predicted molar refractivity (Wildman–Crippen MR) is 86.6 cm³/mol. The number of nitrogens with zero attached hydrogens (tertiary/aromatic N) is 2. The minimum Gasteiger partial charge on any atom is -0.393 e. The molecule has 0 aliphatic heterocycles. The molecule has 2 unspecified atom stereocenters. The second-order valence-corrected chi connectivity index (χ2v) is 6.92. The highest BCUT2D eigenvalue weighted by molar-refractivity contribution is 7.17. The Morgan fingerprint density at radius 3 is 2.77 bits per heavy atom. The third-order valence-electron chi connectivity index (χ3n) is 3.62. The average Bonchev–Trinajstić information content (AvgIpc) is 2.72. The first-order chi connectivity index (χ1) is 10.3. The molecule has 1 amide bonds. The highest BCUT2D eigenvalue weighted by Crippen LogP contribution is 2.18. The maximum atomic E-state index is 12.5. The number of carbonyl (C=O) groups excluding carboxylic acids is 1. The molecule has 0 bridgehead atoms. The van der Waals surface area contributed by atoms with Gasteiger partial charge in [-0.1, -0.05) is 6.92 Å². The second kappa shape index (κ2) is 6.58. The van der Waals surface area contributed by atoms with Crippen LogP contribution in [0.3, 0.4) is 0 Å². The van der Waals surface area contributed by atoms with E-state index in [0.717, 1.165) is 10.6 Å². The molecular formula is C15H21N3O3S. The van der Waals surface area contributed by atoms with E-state index in [-0.39, 0.29) is 17.0 Å². The van der Waals surface area contributed by atoms with Gasteiger partial charge < -0.3 is 10.4 Å². The van der Waals surface area contributed by atoms with Gasteiger partial charge in [-0.15, -0.1) is 11.3 Å². The summed E-state index contributed by atoms with van der Waals surface area (Å²) < 4.78 is 1.48. The van der Waals surface area contributed by atoms with Crippen LogP contribution in [0.2, 0.25) is 0 Å². The van der Waals surface area contributed by atoms with E-state index in [1.54, 1.807) is 6.92 Å². The number of aromatic nitrogens is 2. The Balaban J connectivity index is 2.20. The molecular weight excluding hydrogens is 302 g/mol. The number of aliphatic hydroxyl groups is 1. The molecule has 0 aromatic carbocycles. The van der Waals surface area contributed by atoms with E-state index in [4.69, 9.17) is 0 Å². The SMILES string of the molecule is Cc1sc2ncc(C(=O)NCC(C)CC(C)O)c(=O)n2c1C. The van der Waals surface area contributed by atoms with Crippen LogP contribution < -0.4 is 10.9 Å². The summed E-state index contributed by atoms with van der Waals surface area (Å²) in [6.45, 7) is 7.82. The van der Waals surface area contributed by atoms with Crippen LogP contribution in [0.5, 0.6) is 0 Å². The molecule has 0 spiro atoms. The number of carbonyl (C=O) groups is 1. The van der Waals surface area contributed by atoms with E-state index in [1.807, 2.05) is 20.8 Å². The van der Waals surface area contributed by atoms with E-state index in [0.29, 0.717) is 17.9 Å². The Bertz CT molecular complexity index is 748. The van der Waals surface area contributed by atoms with E-state index in [2.05, 4.69) is 10.3 Å². The zero-order chi connectivity index (χ0) is 16.4. The van der Waals surface area contributed by atoms with Crippen molar-refractivity contribution < 1.29 is 9.90 Å². The molecule has 7 heteroatoms. The summed E-state index contributed by atoms with van der Waals surface area (Å²) in [6, 6.07) is 0. The van der Waals surface area contributed by atoms with Crippen molar-refractivity contribution in [1.29, 1.82) is 0 Å². The molecule has 0 saturated carbocycles. The Labute approximate surface area is 132 Å². The molecule has 0 aliphatic carbocycles. The van der Waals surface area contributed by atoms with Crippen LogP contribution in [-0.2, 0) is 0 Å². The first kappa shape index (κ1) is 16.6. The maximum absolute atomic E-state index is 12.5. The Morgan fingerprint density at radius 2 is 2.14 bits per heavy atom. The van der Waals surface area contributed by atoms with Gasteiger partial charge in [0.15, 0.2) is 4.96 Å². The van der Waals surface area contributed by atoms with Crippen molar-refractivity contribution in [3.63, 3.8) is 0 Å². The summed E-state index contributed by atoms with van der Waals surface area (Å²) in [5.41, 5.74) is 0.518. The molecule has 2 aromatic rings. The van der Waals surface area contributed by atoms with Gasteiger partial charge >= 0.3 is 0 Å². The van der Waals surface area contributed by atoms with Crippen molar-refractivity contribution >= 4 is 22.2 Å². The van der Waals surface area contributed by atoms with E-state index in [9.17, 15) is 14.7 Å². The lowest BCUT2D eigenvalue weighted by molar-refractivity contribution is 0.0937. The molecule has 2 rings (SSSR count). The van der Waals surface area contributed by atoms with Gasteiger partial charge in [-0.25, -0.2) is 4.98 Å². The zero-order valence-corrected chi connectivity index (χ0v) is 14.0. The van der Waals surface area contributed by atoms with Crippen LogP contribution in [0.1, 0.15) is 41.2 Å².